The smallest absolute Gasteiger partial charge is 0.0966 e. The molecule has 2 heteroatoms. The predicted octanol–water partition coefficient (Wildman–Crippen LogP) is 3.50. The van der Waals surface area contributed by atoms with E-state index in [1.54, 1.807) is 0 Å². The van der Waals surface area contributed by atoms with Crippen LogP contribution in [0.15, 0.2) is 64.1 Å². The lowest BCUT2D eigenvalue weighted by atomic mass is 9.91. The van der Waals surface area contributed by atoms with Gasteiger partial charge in [0.25, 0.3) is 0 Å². The first-order chi connectivity index (χ1) is 8.92. The lowest BCUT2D eigenvalue weighted by Crippen LogP contribution is -2.21. The molecule has 0 saturated carbocycles. The van der Waals surface area contributed by atoms with E-state index < -0.39 is 0 Å². The van der Waals surface area contributed by atoms with Gasteiger partial charge in [-0.05, 0) is 17.7 Å². The maximum Gasteiger partial charge on any atom is 0.0966 e. The molecule has 0 fully saturated rings. The van der Waals surface area contributed by atoms with Gasteiger partial charge in [0.1, 0.15) is 0 Å². The summed E-state index contributed by atoms with van der Waals surface area (Å²) in [4.78, 5) is 9.34. The van der Waals surface area contributed by atoms with Crippen LogP contribution in [0.25, 0.3) is 5.57 Å². The van der Waals surface area contributed by atoms with Crippen molar-refractivity contribution in [3.8, 4) is 0 Å². The Balaban J connectivity index is 1.93. The number of fused-ring (bicyclic) bond motifs is 6. The van der Waals surface area contributed by atoms with Crippen molar-refractivity contribution in [3.05, 3.63) is 59.7 Å². The van der Waals surface area contributed by atoms with Crippen LogP contribution >= 0.6 is 0 Å². The van der Waals surface area contributed by atoms with Crippen molar-refractivity contribution in [2.75, 3.05) is 0 Å². The van der Waals surface area contributed by atoms with Crippen LogP contribution in [0, 0.1) is 0 Å². The molecule has 1 aromatic carbocycles. The zero-order valence-electron chi connectivity index (χ0n) is 9.88. The van der Waals surface area contributed by atoms with Crippen molar-refractivity contribution in [2.45, 2.75) is 12.5 Å². The third-order valence-corrected chi connectivity index (χ3v) is 3.58. The summed E-state index contributed by atoms with van der Waals surface area (Å²) >= 11 is 0. The Bertz CT molecular complexity index is 672. The Morgan fingerprint density at radius 1 is 1.11 bits per heavy atom. The molecule has 0 N–H and O–H groups in total. The molecule has 1 aliphatic carbocycles. The molecule has 2 nitrogen and oxygen atoms in total. The molecule has 0 spiro atoms. The molecule has 0 radical (unpaired) electrons. The van der Waals surface area contributed by atoms with Crippen molar-refractivity contribution in [1.82, 2.24) is 0 Å². The topological polar surface area (TPSA) is 24.7 Å². The number of rotatable bonds is 0. The second-order valence-electron chi connectivity index (χ2n) is 4.71. The van der Waals surface area contributed by atoms with Gasteiger partial charge < -0.3 is 0 Å². The molecule has 0 saturated heterocycles. The monoisotopic (exact) mass is 232 g/mol. The molecule has 2 heterocycles. The molecular weight excluding hydrogens is 220 g/mol. The second kappa shape index (κ2) is 3.64. The van der Waals surface area contributed by atoms with Crippen molar-refractivity contribution in [1.29, 1.82) is 0 Å². The SMILES string of the molecule is C1=CC2=CC=NC(C2)C2=Nc3ccccc3C2=C1. The van der Waals surface area contributed by atoms with E-state index in [1.165, 1.54) is 16.7 Å². The lowest BCUT2D eigenvalue weighted by Gasteiger charge is -2.19. The number of dihydropyridines is 1. The van der Waals surface area contributed by atoms with Gasteiger partial charge in [0.2, 0.25) is 0 Å². The normalized spacial score (nSPS) is 23.3. The molecule has 2 bridgehead atoms. The summed E-state index contributed by atoms with van der Waals surface area (Å²) in [7, 11) is 0. The summed E-state index contributed by atoms with van der Waals surface area (Å²) in [6.07, 6.45) is 11.4. The number of para-hydroxylation sites is 1. The molecular formula is C16H12N2. The van der Waals surface area contributed by atoms with Crippen molar-refractivity contribution in [2.24, 2.45) is 9.98 Å². The highest BCUT2D eigenvalue weighted by atomic mass is 14.9. The molecule has 1 unspecified atom stereocenters. The van der Waals surface area contributed by atoms with Crippen molar-refractivity contribution >= 4 is 23.2 Å². The first-order valence-electron chi connectivity index (χ1n) is 6.21. The van der Waals surface area contributed by atoms with E-state index >= 15 is 0 Å². The number of hydrogen-bond donors (Lipinski definition) is 0. The summed E-state index contributed by atoms with van der Waals surface area (Å²) in [6.45, 7) is 0. The second-order valence-corrected chi connectivity index (χ2v) is 4.71. The van der Waals surface area contributed by atoms with E-state index in [0.29, 0.717) is 0 Å². The van der Waals surface area contributed by atoms with E-state index in [0.717, 1.165) is 17.8 Å². The van der Waals surface area contributed by atoms with E-state index in [-0.39, 0.29) is 6.04 Å². The standard InChI is InChI=1S/C16H12N2/c1-2-7-14-12(5-1)13-6-3-4-11-8-9-17-15(10-11)16(13)18-14/h1-9,15H,10H2. The molecule has 3 aliphatic rings. The average Bonchev–Trinajstić information content (AvgIpc) is 2.77. The Morgan fingerprint density at radius 3 is 3.06 bits per heavy atom. The van der Waals surface area contributed by atoms with Crippen LogP contribution in [0.1, 0.15) is 12.0 Å². The van der Waals surface area contributed by atoms with Gasteiger partial charge in [0.15, 0.2) is 0 Å². The summed E-state index contributed by atoms with van der Waals surface area (Å²) in [5.41, 5.74) is 5.96. The zero-order valence-corrected chi connectivity index (χ0v) is 9.88. The van der Waals surface area contributed by atoms with E-state index in [1.807, 2.05) is 12.3 Å². The fourth-order valence-corrected chi connectivity index (χ4v) is 2.70. The largest absolute Gasteiger partial charge is 0.283 e. The zero-order chi connectivity index (χ0) is 11.9. The van der Waals surface area contributed by atoms with Gasteiger partial charge in [-0.3, -0.25) is 4.99 Å². The minimum atomic E-state index is 0.175. The molecule has 1 atom stereocenters. The minimum absolute atomic E-state index is 0.175. The first kappa shape index (κ1) is 9.77. The molecule has 4 rings (SSSR count). The summed E-state index contributed by atoms with van der Waals surface area (Å²) < 4.78 is 0. The fourth-order valence-electron chi connectivity index (χ4n) is 2.70. The quantitative estimate of drug-likeness (QED) is 0.654. The van der Waals surface area contributed by atoms with Crippen molar-refractivity contribution in [3.63, 3.8) is 0 Å². The van der Waals surface area contributed by atoms with Gasteiger partial charge >= 0.3 is 0 Å². The molecule has 0 aromatic heterocycles. The van der Waals surface area contributed by atoms with Crippen LogP contribution < -0.4 is 0 Å². The first-order valence-corrected chi connectivity index (χ1v) is 6.21. The Morgan fingerprint density at radius 2 is 2.06 bits per heavy atom. The maximum atomic E-state index is 4.77. The van der Waals surface area contributed by atoms with Gasteiger partial charge in [-0.15, -0.1) is 0 Å². The van der Waals surface area contributed by atoms with Gasteiger partial charge in [-0.2, -0.15) is 0 Å². The van der Waals surface area contributed by atoms with Gasteiger partial charge in [0, 0.05) is 23.8 Å². The Hall–Kier alpha value is -2.22. The predicted molar refractivity (Wildman–Crippen MR) is 75.6 cm³/mol. The summed E-state index contributed by atoms with van der Waals surface area (Å²) in [5, 5.41) is 0. The maximum absolute atomic E-state index is 4.77. The average molecular weight is 232 g/mol. The van der Waals surface area contributed by atoms with Crippen LogP contribution in [-0.2, 0) is 0 Å². The molecule has 1 aromatic rings. The Kier molecular flexibility index (Phi) is 1.97. The van der Waals surface area contributed by atoms with Crippen LogP contribution in [-0.4, -0.2) is 18.0 Å². The van der Waals surface area contributed by atoms with E-state index in [9.17, 15) is 0 Å². The van der Waals surface area contributed by atoms with Gasteiger partial charge in [-0.25, -0.2) is 4.99 Å². The highest BCUT2D eigenvalue weighted by Crippen LogP contribution is 2.38. The number of benzene rings is 1. The fraction of sp³-hybridized carbons (Fsp3) is 0.125. The number of hydrogen-bond acceptors (Lipinski definition) is 2. The summed E-state index contributed by atoms with van der Waals surface area (Å²) in [6, 6.07) is 8.48. The third-order valence-electron chi connectivity index (χ3n) is 3.58. The number of aliphatic imine (C=N–C) groups is 2. The Labute approximate surface area is 106 Å². The number of nitrogens with zero attached hydrogens (tertiary/aromatic N) is 2. The molecule has 0 amide bonds. The van der Waals surface area contributed by atoms with Crippen molar-refractivity contribution < 1.29 is 0 Å². The lowest BCUT2D eigenvalue weighted by molar-refractivity contribution is 0.853. The molecule has 18 heavy (non-hydrogen) atoms. The third kappa shape index (κ3) is 1.35. The van der Waals surface area contributed by atoms with Crippen LogP contribution in [0.5, 0.6) is 0 Å². The van der Waals surface area contributed by atoms with E-state index in [4.69, 9.17) is 4.99 Å². The number of allylic oxidation sites excluding steroid dienone is 4. The van der Waals surface area contributed by atoms with Gasteiger partial charge in [-0.1, -0.05) is 36.4 Å². The van der Waals surface area contributed by atoms with Crippen LogP contribution in [0.3, 0.4) is 0 Å². The highest BCUT2D eigenvalue weighted by Gasteiger charge is 2.28. The van der Waals surface area contributed by atoms with E-state index in [2.05, 4.69) is 47.5 Å². The van der Waals surface area contributed by atoms with Crippen LogP contribution in [0.4, 0.5) is 5.69 Å². The highest BCUT2D eigenvalue weighted by molar-refractivity contribution is 6.31. The molecule has 86 valence electrons. The van der Waals surface area contributed by atoms with Gasteiger partial charge in [0.05, 0.1) is 17.4 Å². The van der Waals surface area contributed by atoms with Crippen LogP contribution in [0.2, 0.25) is 0 Å². The molecule has 2 aliphatic heterocycles. The minimum Gasteiger partial charge on any atom is -0.283 e. The summed E-state index contributed by atoms with van der Waals surface area (Å²) in [5.74, 6) is 0.